The van der Waals surface area contributed by atoms with Crippen molar-refractivity contribution in [2.75, 3.05) is 6.61 Å². The predicted octanol–water partition coefficient (Wildman–Crippen LogP) is 3.46. The van der Waals surface area contributed by atoms with Crippen molar-refractivity contribution in [2.24, 2.45) is 0 Å². The van der Waals surface area contributed by atoms with Crippen LogP contribution in [0.2, 0.25) is 0 Å². The summed E-state index contributed by atoms with van der Waals surface area (Å²) in [7, 11) is 0. The lowest BCUT2D eigenvalue weighted by Gasteiger charge is -2.25. The Bertz CT molecular complexity index is 608. The number of benzene rings is 1. The van der Waals surface area contributed by atoms with Crippen molar-refractivity contribution in [1.82, 2.24) is 0 Å². The first-order chi connectivity index (χ1) is 9.22. The van der Waals surface area contributed by atoms with Crippen molar-refractivity contribution >= 4 is 33.0 Å². The summed E-state index contributed by atoms with van der Waals surface area (Å²) in [6, 6.07) is 9.36. The number of rotatable bonds is 3. The highest BCUT2D eigenvalue weighted by Crippen LogP contribution is 2.31. The van der Waals surface area contributed by atoms with Crippen LogP contribution in [-0.2, 0) is 11.2 Å². The molecule has 1 atom stereocenters. The van der Waals surface area contributed by atoms with Gasteiger partial charge in [0.25, 0.3) is 0 Å². The molecule has 0 fully saturated rings. The standard InChI is InChI=1S/C14H11BrO3S/c15-9-5-10(19-8-9)6-11(16)14-7-17-12-3-1-2-4-13(12)18-14/h1-5,8,14H,6-7H2. The average molecular weight is 339 g/mol. The fraction of sp³-hybridized carbons (Fsp3) is 0.214. The number of hydrogen-bond donors (Lipinski definition) is 0. The highest BCUT2D eigenvalue weighted by Gasteiger charge is 2.27. The molecule has 3 rings (SSSR count). The Balaban J connectivity index is 1.69. The minimum absolute atomic E-state index is 0.0452. The fourth-order valence-electron chi connectivity index (χ4n) is 1.91. The summed E-state index contributed by atoms with van der Waals surface area (Å²) < 4.78 is 12.2. The van der Waals surface area contributed by atoms with Gasteiger partial charge in [-0.1, -0.05) is 12.1 Å². The quantitative estimate of drug-likeness (QED) is 0.859. The summed E-state index contributed by atoms with van der Waals surface area (Å²) >= 11 is 4.95. The number of fused-ring (bicyclic) bond motifs is 1. The van der Waals surface area contributed by atoms with Gasteiger partial charge in [0.1, 0.15) is 6.61 Å². The summed E-state index contributed by atoms with van der Waals surface area (Å²) in [6.45, 7) is 0.280. The first-order valence-electron chi connectivity index (χ1n) is 5.86. The van der Waals surface area contributed by atoms with Gasteiger partial charge in [-0.2, -0.15) is 0 Å². The predicted molar refractivity (Wildman–Crippen MR) is 77.1 cm³/mol. The van der Waals surface area contributed by atoms with Gasteiger partial charge in [-0.15, -0.1) is 11.3 Å². The molecule has 0 aliphatic carbocycles. The van der Waals surface area contributed by atoms with Gasteiger partial charge in [0.05, 0.1) is 0 Å². The van der Waals surface area contributed by atoms with E-state index in [1.807, 2.05) is 35.7 Å². The first-order valence-corrected chi connectivity index (χ1v) is 7.54. The van der Waals surface area contributed by atoms with Gasteiger partial charge in [-0.25, -0.2) is 0 Å². The molecular weight excluding hydrogens is 328 g/mol. The molecule has 0 saturated carbocycles. The van der Waals surface area contributed by atoms with Crippen LogP contribution in [0.5, 0.6) is 11.5 Å². The van der Waals surface area contributed by atoms with Crippen LogP contribution in [0, 0.1) is 0 Å². The Hall–Kier alpha value is -1.33. The number of carbonyl (C=O) groups excluding carboxylic acids is 1. The lowest BCUT2D eigenvalue weighted by Crippen LogP contribution is -2.37. The van der Waals surface area contributed by atoms with E-state index in [9.17, 15) is 4.79 Å². The van der Waals surface area contributed by atoms with Gasteiger partial charge in [0.2, 0.25) is 0 Å². The van der Waals surface area contributed by atoms with Crippen LogP contribution in [0.15, 0.2) is 40.2 Å². The Morgan fingerprint density at radius 1 is 1.37 bits per heavy atom. The van der Waals surface area contributed by atoms with Crippen molar-refractivity contribution in [3.05, 3.63) is 45.1 Å². The summed E-state index contributed by atoms with van der Waals surface area (Å²) in [4.78, 5) is 13.2. The molecule has 98 valence electrons. The third-order valence-corrected chi connectivity index (χ3v) is 4.54. The molecule has 1 aromatic carbocycles. The smallest absolute Gasteiger partial charge is 0.191 e. The van der Waals surface area contributed by atoms with Crippen LogP contribution >= 0.6 is 27.3 Å². The molecule has 19 heavy (non-hydrogen) atoms. The van der Waals surface area contributed by atoms with E-state index in [0.717, 1.165) is 9.35 Å². The zero-order chi connectivity index (χ0) is 13.2. The molecule has 1 aliphatic heterocycles. The van der Waals surface area contributed by atoms with Gasteiger partial charge in [0, 0.05) is 21.2 Å². The van der Waals surface area contributed by atoms with Gasteiger partial charge in [-0.05, 0) is 34.1 Å². The second kappa shape index (κ2) is 5.35. The van der Waals surface area contributed by atoms with Crippen LogP contribution in [0.1, 0.15) is 4.88 Å². The van der Waals surface area contributed by atoms with E-state index in [4.69, 9.17) is 9.47 Å². The molecule has 0 amide bonds. The van der Waals surface area contributed by atoms with E-state index in [0.29, 0.717) is 17.9 Å². The number of carbonyl (C=O) groups is 1. The largest absolute Gasteiger partial charge is 0.485 e. The number of ketones is 1. The second-order valence-electron chi connectivity index (χ2n) is 4.24. The van der Waals surface area contributed by atoms with Crippen molar-refractivity contribution < 1.29 is 14.3 Å². The normalized spacial score (nSPS) is 17.2. The number of Topliss-reactive ketones (excluding diaryl/α,β-unsaturated/α-hetero) is 1. The second-order valence-corrected chi connectivity index (χ2v) is 6.15. The highest BCUT2D eigenvalue weighted by atomic mass is 79.9. The molecule has 1 aromatic heterocycles. The zero-order valence-electron chi connectivity index (χ0n) is 9.97. The lowest BCUT2D eigenvalue weighted by molar-refractivity contribution is -0.127. The van der Waals surface area contributed by atoms with Gasteiger partial charge in [0.15, 0.2) is 23.4 Å². The van der Waals surface area contributed by atoms with Gasteiger partial charge in [-0.3, -0.25) is 4.79 Å². The van der Waals surface area contributed by atoms with Crippen molar-refractivity contribution in [2.45, 2.75) is 12.5 Å². The maximum atomic E-state index is 12.2. The lowest BCUT2D eigenvalue weighted by atomic mass is 10.1. The third kappa shape index (κ3) is 2.82. The molecule has 5 heteroatoms. The molecule has 1 aliphatic rings. The van der Waals surface area contributed by atoms with E-state index in [1.165, 1.54) is 0 Å². The summed E-state index contributed by atoms with van der Waals surface area (Å²) in [5.74, 6) is 1.38. The van der Waals surface area contributed by atoms with Crippen LogP contribution in [0.25, 0.3) is 0 Å². The Morgan fingerprint density at radius 2 is 2.16 bits per heavy atom. The SMILES string of the molecule is O=C(Cc1cc(Br)cs1)C1COc2ccccc2O1. The molecule has 0 saturated heterocycles. The number of hydrogen-bond acceptors (Lipinski definition) is 4. The Kier molecular flexibility index (Phi) is 3.57. The molecule has 3 nitrogen and oxygen atoms in total. The first kappa shape index (κ1) is 12.7. The molecule has 0 N–H and O–H groups in total. The molecule has 0 spiro atoms. The van der Waals surface area contributed by atoms with Crippen LogP contribution in [0.3, 0.4) is 0 Å². The monoisotopic (exact) mass is 338 g/mol. The van der Waals surface area contributed by atoms with E-state index < -0.39 is 6.10 Å². The number of para-hydroxylation sites is 2. The van der Waals surface area contributed by atoms with Crippen molar-refractivity contribution in [1.29, 1.82) is 0 Å². The van der Waals surface area contributed by atoms with E-state index >= 15 is 0 Å². The minimum atomic E-state index is -0.518. The Labute approximate surface area is 123 Å². The average Bonchev–Trinajstić information content (AvgIpc) is 2.83. The van der Waals surface area contributed by atoms with Crippen LogP contribution < -0.4 is 9.47 Å². The number of ether oxygens (including phenoxy) is 2. The Morgan fingerprint density at radius 3 is 2.89 bits per heavy atom. The van der Waals surface area contributed by atoms with E-state index in [1.54, 1.807) is 11.3 Å². The molecule has 0 radical (unpaired) electrons. The summed E-state index contributed by atoms with van der Waals surface area (Å²) in [6.07, 6.45) is -0.136. The van der Waals surface area contributed by atoms with E-state index in [2.05, 4.69) is 15.9 Å². The minimum Gasteiger partial charge on any atom is -0.485 e. The summed E-state index contributed by atoms with van der Waals surface area (Å²) in [5, 5.41) is 1.97. The highest BCUT2D eigenvalue weighted by molar-refractivity contribution is 9.10. The third-order valence-electron chi connectivity index (χ3n) is 2.84. The van der Waals surface area contributed by atoms with Gasteiger partial charge < -0.3 is 9.47 Å². The van der Waals surface area contributed by atoms with Crippen molar-refractivity contribution in [3.63, 3.8) is 0 Å². The van der Waals surface area contributed by atoms with E-state index in [-0.39, 0.29) is 12.4 Å². The number of halogens is 1. The maximum absolute atomic E-state index is 12.2. The molecule has 0 bridgehead atoms. The molecule has 1 unspecified atom stereocenters. The number of thiophene rings is 1. The maximum Gasteiger partial charge on any atom is 0.191 e. The van der Waals surface area contributed by atoms with Crippen LogP contribution in [0.4, 0.5) is 0 Å². The summed E-state index contributed by atoms with van der Waals surface area (Å²) in [5.41, 5.74) is 0. The van der Waals surface area contributed by atoms with Crippen LogP contribution in [-0.4, -0.2) is 18.5 Å². The topological polar surface area (TPSA) is 35.5 Å². The zero-order valence-corrected chi connectivity index (χ0v) is 12.4. The van der Waals surface area contributed by atoms with Gasteiger partial charge >= 0.3 is 0 Å². The molecule has 2 heterocycles. The molecule has 2 aromatic rings. The van der Waals surface area contributed by atoms with Crippen molar-refractivity contribution in [3.8, 4) is 11.5 Å². The fourth-order valence-corrected chi connectivity index (χ4v) is 3.37. The molecular formula is C14H11BrO3S.